The Morgan fingerprint density at radius 3 is 2.92 bits per heavy atom. The number of rotatable bonds is 4. The van der Waals surface area contributed by atoms with E-state index in [-0.39, 0.29) is 0 Å². The molecule has 0 fully saturated rings. The minimum atomic E-state index is 0.442. The van der Waals surface area contributed by atoms with Gasteiger partial charge in [0.25, 0.3) is 0 Å². The predicted molar refractivity (Wildman–Crippen MR) is 108 cm³/mol. The molecule has 1 N–H and O–H groups in total. The third-order valence-electron chi connectivity index (χ3n) is 4.37. The monoisotopic (exact) mass is 406 g/mol. The third kappa shape index (κ3) is 3.24. The number of ether oxygens (including phenoxy) is 1. The van der Waals surface area contributed by atoms with Crippen molar-refractivity contribution in [1.29, 1.82) is 0 Å². The molecule has 0 amide bonds. The highest BCUT2D eigenvalue weighted by Gasteiger charge is 2.19. The SMILES string of the molecule is COc1c(Cl)cc(Cl)cc1/C=N/Nc1ncnc2sc3c(c12)CCCC3. The van der Waals surface area contributed by atoms with E-state index in [1.54, 1.807) is 43.1 Å². The van der Waals surface area contributed by atoms with Gasteiger partial charge in [-0.15, -0.1) is 11.3 Å². The summed E-state index contributed by atoms with van der Waals surface area (Å²) in [6.45, 7) is 0. The molecule has 2 aromatic heterocycles. The van der Waals surface area contributed by atoms with Crippen molar-refractivity contribution in [3.8, 4) is 5.75 Å². The Morgan fingerprint density at radius 2 is 2.08 bits per heavy atom. The highest BCUT2D eigenvalue weighted by Crippen LogP contribution is 2.38. The van der Waals surface area contributed by atoms with Crippen LogP contribution in [0.5, 0.6) is 5.75 Å². The molecule has 0 radical (unpaired) electrons. The summed E-state index contributed by atoms with van der Waals surface area (Å²) in [5, 5.41) is 6.37. The van der Waals surface area contributed by atoms with Gasteiger partial charge in [-0.05, 0) is 43.4 Å². The zero-order valence-electron chi connectivity index (χ0n) is 14.1. The maximum Gasteiger partial charge on any atom is 0.158 e. The summed E-state index contributed by atoms with van der Waals surface area (Å²) in [6.07, 6.45) is 7.83. The van der Waals surface area contributed by atoms with Crippen LogP contribution in [0.4, 0.5) is 5.82 Å². The molecule has 0 atom stereocenters. The maximum atomic E-state index is 6.16. The average Bonchev–Trinajstić information content (AvgIpc) is 3.01. The van der Waals surface area contributed by atoms with Crippen LogP contribution in [0.15, 0.2) is 23.6 Å². The van der Waals surface area contributed by atoms with Crippen LogP contribution in [-0.2, 0) is 12.8 Å². The predicted octanol–water partition coefficient (Wildman–Crippen LogP) is 5.33. The first-order valence-electron chi connectivity index (χ1n) is 8.24. The van der Waals surface area contributed by atoms with Crippen molar-refractivity contribution in [1.82, 2.24) is 9.97 Å². The zero-order chi connectivity index (χ0) is 18.1. The van der Waals surface area contributed by atoms with Gasteiger partial charge in [0.05, 0.1) is 23.7 Å². The van der Waals surface area contributed by atoms with Crippen molar-refractivity contribution in [2.24, 2.45) is 5.10 Å². The van der Waals surface area contributed by atoms with Crippen molar-refractivity contribution in [2.75, 3.05) is 12.5 Å². The molecule has 134 valence electrons. The molecule has 8 heteroatoms. The second kappa shape index (κ2) is 7.39. The lowest BCUT2D eigenvalue weighted by Crippen LogP contribution is -2.01. The number of methoxy groups -OCH3 is 1. The van der Waals surface area contributed by atoms with Gasteiger partial charge in [0.15, 0.2) is 5.82 Å². The van der Waals surface area contributed by atoms with Crippen LogP contribution in [0.3, 0.4) is 0 Å². The van der Waals surface area contributed by atoms with E-state index in [0.717, 1.165) is 28.9 Å². The first-order chi connectivity index (χ1) is 12.7. The van der Waals surface area contributed by atoms with Gasteiger partial charge in [0, 0.05) is 15.5 Å². The first kappa shape index (κ1) is 17.5. The highest BCUT2D eigenvalue weighted by atomic mass is 35.5. The van der Waals surface area contributed by atoms with Crippen LogP contribution in [0.25, 0.3) is 10.2 Å². The molecule has 26 heavy (non-hydrogen) atoms. The van der Waals surface area contributed by atoms with Crippen LogP contribution < -0.4 is 10.2 Å². The number of thiophene rings is 1. The Hall–Kier alpha value is -1.89. The van der Waals surface area contributed by atoms with E-state index in [0.29, 0.717) is 21.4 Å². The molecule has 2 heterocycles. The number of aryl methyl sites for hydroxylation is 2. The number of hydrogen-bond donors (Lipinski definition) is 1. The van der Waals surface area contributed by atoms with E-state index in [4.69, 9.17) is 27.9 Å². The quantitative estimate of drug-likeness (QED) is 0.469. The molecule has 0 spiro atoms. The molecule has 0 bridgehead atoms. The van der Waals surface area contributed by atoms with Crippen molar-refractivity contribution in [3.05, 3.63) is 44.5 Å². The number of benzene rings is 1. The smallest absolute Gasteiger partial charge is 0.158 e. The zero-order valence-corrected chi connectivity index (χ0v) is 16.4. The third-order valence-corrected chi connectivity index (χ3v) is 6.07. The Morgan fingerprint density at radius 1 is 1.23 bits per heavy atom. The van der Waals surface area contributed by atoms with E-state index in [1.165, 1.54) is 23.3 Å². The van der Waals surface area contributed by atoms with Crippen LogP contribution in [0.1, 0.15) is 28.8 Å². The largest absolute Gasteiger partial charge is 0.495 e. The molecule has 0 unspecified atom stereocenters. The first-order valence-corrected chi connectivity index (χ1v) is 9.82. The van der Waals surface area contributed by atoms with Crippen LogP contribution in [-0.4, -0.2) is 23.3 Å². The second-order valence-corrected chi connectivity index (χ2v) is 7.92. The summed E-state index contributed by atoms with van der Waals surface area (Å²) in [4.78, 5) is 11.2. The Labute approximate surface area is 165 Å². The highest BCUT2D eigenvalue weighted by molar-refractivity contribution is 7.19. The molecule has 5 nitrogen and oxygen atoms in total. The van der Waals surface area contributed by atoms with E-state index in [9.17, 15) is 0 Å². The normalized spacial score (nSPS) is 14.0. The van der Waals surface area contributed by atoms with E-state index >= 15 is 0 Å². The number of halogens is 2. The summed E-state index contributed by atoms with van der Waals surface area (Å²) in [5.74, 6) is 1.25. The topological polar surface area (TPSA) is 59.4 Å². The summed E-state index contributed by atoms with van der Waals surface area (Å²) in [7, 11) is 1.56. The number of fused-ring (bicyclic) bond motifs is 3. The van der Waals surface area contributed by atoms with Crippen LogP contribution in [0.2, 0.25) is 10.0 Å². The van der Waals surface area contributed by atoms with E-state index in [2.05, 4.69) is 20.5 Å². The summed E-state index contributed by atoms with van der Waals surface area (Å²) < 4.78 is 5.33. The van der Waals surface area contributed by atoms with Gasteiger partial charge in [0.2, 0.25) is 0 Å². The van der Waals surface area contributed by atoms with Crippen molar-refractivity contribution >= 4 is 56.8 Å². The van der Waals surface area contributed by atoms with Crippen molar-refractivity contribution in [3.63, 3.8) is 0 Å². The van der Waals surface area contributed by atoms with Gasteiger partial charge in [-0.2, -0.15) is 5.10 Å². The number of aromatic nitrogens is 2. The summed E-state index contributed by atoms with van der Waals surface area (Å²) in [5.41, 5.74) is 5.10. The summed E-state index contributed by atoms with van der Waals surface area (Å²) >= 11 is 14.0. The lowest BCUT2D eigenvalue weighted by Gasteiger charge is -2.11. The molecule has 1 aromatic carbocycles. The molecule has 0 aliphatic heterocycles. The fraction of sp³-hybridized carbons (Fsp3) is 0.278. The van der Waals surface area contributed by atoms with Crippen LogP contribution >= 0.6 is 34.5 Å². The summed E-state index contributed by atoms with van der Waals surface area (Å²) in [6, 6.07) is 3.39. The van der Waals surface area contributed by atoms with Crippen molar-refractivity contribution < 1.29 is 4.74 Å². The second-order valence-electron chi connectivity index (χ2n) is 5.99. The minimum Gasteiger partial charge on any atom is -0.495 e. The maximum absolute atomic E-state index is 6.16. The Balaban J connectivity index is 1.67. The minimum absolute atomic E-state index is 0.442. The molecule has 0 saturated heterocycles. The van der Waals surface area contributed by atoms with Gasteiger partial charge in [0.1, 0.15) is 16.9 Å². The molecule has 4 rings (SSSR count). The average molecular weight is 407 g/mol. The molecular formula is C18H16Cl2N4OS. The Kier molecular flexibility index (Phi) is 4.98. The fourth-order valence-corrected chi connectivity index (χ4v) is 5.04. The lowest BCUT2D eigenvalue weighted by molar-refractivity contribution is 0.414. The number of anilines is 1. The molecule has 1 aliphatic rings. The van der Waals surface area contributed by atoms with E-state index < -0.39 is 0 Å². The van der Waals surface area contributed by atoms with Gasteiger partial charge in [-0.1, -0.05) is 23.2 Å². The molecule has 3 aromatic rings. The van der Waals surface area contributed by atoms with Gasteiger partial charge >= 0.3 is 0 Å². The van der Waals surface area contributed by atoms with Gasteiger partial charge < -0.3 is 4.74 Å². The van der Waals surface area contributed by atoms with Gasteiger partial charge in [-0.25, -0.2) is 9.97 Å². The standard InChI is InChI=1S/C18H16Cl2N4OS/c1-25-16-10(6-11(19)7-13(16)20)8-23-24-17-15-12-4-2-3-5-14(12)26-18(15)22-9-21-17/h6-9H,2-5H2,1H3,(H,21,22,24)/b23-8+. The lowest BCUT2D eigenvalue weighted by atomic mass is 9.97. The fourth-order valence-electron chi connectivity index (χ4n) is 3.23. The molecule has 1 aliphatic carbocycles. The molecule has 0 saturated carbocycles. The molecular weight excluding hydrogens is 391 g/mol. The van der Waals surface area contributed by atoms with E-state index in [1.807, 2.05) is 0 Å². The van der Waals surface area contributed by atoms with Crippen molar-refractivity contribution in [2.45, 2.75) is 25.7 Å². The number of hydrogen-bond acceptors (Lipinski definition) is 6. The number of nitrogens with zero attached hydrogens (tertiary/aromatic N) is 3. The number of hydrazone groups is 1. The van der Waals surface area contributed by atoms with Gasteiger partial charge in [-0.3, -0.25) is 5.43 Å². The van der Waals surface area contributed by atoms with Crippen LogP contribution in [0, 0.1) is 0 Å². The number of nitrogens with one attached hydrogen (secondary N) is 1. The Bertz CT molecular complexity index is 1000.